The van der Waals surface area contributed by atoms with Crippen molar-refractivity contribution in [3.63, 3.8) is 0 Å². The summed E-state index contributed by atoms with van der Waals surface area (Å²) in [5.74, 6) is 0.152. The fraction of sp³-hybridized carbons (Fsp3) is 0.222. The van der Waals surface area contributed by atoms with E-state index in [4.69, 9.17) is 14.6 Å². The monoisotopic (exact) mass is 327 g/mol. The Bertz CT molecular complexity index is 756. The third-order valence-electron chi connectivity index (χ3n) is 3.91. The average Bonchev–Trinajstić information content (AvgIpc) is 2.96. The molecule has 0 saturated carbocycles. The van der Waals surface area contributed by atoms with Crippen LogP contribution in [0.4, 0.5) is 0 Å². The van der Waals surface area contributed by atoms with Crippen LogP contribution in [0.1, 0.15) is 22.0 Å². The summed E-state index contributed by atoms with van der Waals surface area (Å²) in [4.78, 5) is 23.6. The van der Waals surface area contributed by atoms with Crippen molar-refractivity contribution in [2.24, 2.45) is 0 Å². The second-order valence-corrected chi connectivity index (χ2v) is 5.46. The highest BCUT2D eigenvalue weighted by molar-refractivity contribution is 5.93. The number of carbonyl (C=O) groups is 2. The molecule has 1 fully saturated rings. The van der Waals surface area contributed by atoms with E-state index in [1.165, 1.54) is 12.1 Å². The molecule has 1 heterocycles. The molecule has 0 amide bonds. The molecule has 2 atom stereocenters. The number of Topliss-reactive ketones (excluding diaryl/α,β-unsaturated/α-hetero) is 1. The maximum Gasteiger partial charge on any atom is 0.335 e. The number of aromatic carboxylic acids is 1. The number of nitrogens with one attached hydrogen (secondary N) is 1. The molecule has 2 aromatic carbocycles. The SMILES string of the molecule is COc1ccc(OC2CNC(c3cccc(C(=O)O)c3)C2=O)cc1. The van der Waals surface area contributed by atoms with E-state index in [2.05, 4.69) is 5.32 Å². The van der Waals surface area contributed by atoms with Crippen molar-refractivity contribution in [2.45, 2.75) is 12.1 Å². The number of carbonyl (C=O) groups excluding carboxylic acids is 1. The smallest absolute Gasteiger partial charge is 0.335 e. The Labute approximate surface area is 139 Å². The molecule has 0 aromatic heterocycles. The van der Waals surface area contributed by atoms with Gasteiger partial charge in [0.1, 0.15) is 11.5 Å². The summed E-state index contributed by atoms with van der Waals surface area (Å²) in [5.41, 5.74) is 0.780. The number of carboxylic acids is 1. The number of carboxylic acid groups (broad SMARTS) is 1. The second kappa shape index (κ2) is 6.72. The van der Waals surface area contributed by atoms with Crippen LogP contribution >= 0.6 is 0 Å². The third kappa shape index (κ3) is 3.23. The van der Waals surface area contributed by atoms with Gasteiger partial charge in [0, 0.05) is 6.54 Å². The summed E-state index contributed by atoms with van der Waals surface area (Å²) in [6.07, 6.45) is -0.614. The topological polar surface area (TPSA) is 84.9 Å². The van der Waals surface area contributed by atoms with Gasteiger partial charge in [-0.2, -0.15) is 0 Å². The minimum Gasteiger partial charge on any atom is -0.497 e. The van der Waals surface area contributed by atoms with Gasteiger partial charge < -0.3 is 14.6 Å². The van der Waals surface area contributed by atoms with Crippen molar-refractivity contribution >= 4 is 11.8 Å². The van der Waals surface area contributed by atoms with Crippen LogP contribution in [0.2, 0.25) is 0 Å². The largest absolute Gasteiger partial charge is 0.497 e. The van der Waals surface area contributed by atoms with E-state index in [0.29, 0.717) is 23.6 Å². The molecular formula is C18H17NO5. The molecule has 0 bridgehead atoms. The number of methoxy groups -OCH3 is 1. The highest BCUT2D eigenvalue weighted by Crippen LogP contribution is 2.25. The van der Waals surface area contributed by atoms with Crippen molar-refractivity contribution in [3.05, 3.63) is 59.7 Å². The van der Waals surface area contributed by atoms with E-state index < -0.39 is 18.1 Å². The third-order valence-corrected chi connectivity index (χ3v) is 3.91. The van der Waals surface area contributed by atoms with Gasteiger partial charge in [-0.25, -0.2) is 4.79 Å². The van der Waals surface area contributed by atoms with Crippen molar-refractivity contribution < 1.29 is 24.2 Å². The van der Waals surface area contributed by atoms with E-state index in [-0.39, 0.29) is 11.3 Å². The summed E-state index contributed by atoms with van der Waals surface area (Å²) < 4.78 is 10.8. The lowest BCUT2D eigenvalue weighted by Crippen LogP contribution is -2.26. The molecule has 24 heavy (non-hydrogen) atoms. The fourth-order valence-electron chi connectivity index (χ4n) is 2.66. The van der Waals surface area contributed by atoms with Crippen LogP contribution in [0.15, 0.2) is 48.5 Å². The Morgan fingerprint density at radius 2 is 1.88 bits per heavy atom. The van der Waals surface area contributed by atoms with Gasteiger partial charge in [-0.1, -0.05) is 12.1 Å². The number of hydrogen-bond acceptors (Lipinski definition) is 5. The number of benzene rings is 2. The van der Waals surface area contributed by atoms with Gasteiger partial charge >= 0.3 is 5.97 Å². The van der Waals surface area contributed by atoms with Gasteiger partial charge in [-0.3, -0.25) is 10.1 Å². The van der Waals surface area contributed by atoms with Crippen LogP contribution in [-0.4, -0.2) is 36.6 Å². The summed E-state index contributed by atoms with van der Waals surface area (Å²) in [6.45, 7) is 0.368. The van der Waals surface area contributed by atoms with E-state index in [9.17, 15) is 9.59 Å². The van der Waals surface area contributed by atoms with Gasteiger partial charge in [-0.15, -0.1) is 0 Å². The fourth-order valence-corrected chi connectivity index (χ4v) is 2.66. The molecule has 2 unspecified atom stereocenters. The van der Waals surface area contributed by atoms with Crippen LogP contribution in [0, 0.1) is 0 Å². The Morgan fingerprint density at radius 3 is 2.54 bits per heavy atom. The van der Waals surface area contributed by atoms with Gasteiger partial charge in [-0.05, 0) is 42.0 Å². The van der Waals surface area contributed by atoms with E-state index in [1.807, 2.05) is 0 Å². The molecule has 1 saturated heterocycles. The van der Waals surface area contributed by atoms with E-state index >= 15 is 0 Å². The minimum absolute atomic E-state index is 0.117. The van der Waals surface area contributed by atoms with Crippen molar-refractivity contribution in [2.75, 3.05) is 13.7 Å². The summed E-state index contributed by atoms with van der Waals surface area (Å²) in [7, 11) is 1.58. The van der Waals surface area contributed by atoms with Crippen molar-refractivity contribution in [1.82, 2.24) is 5.32 Å². The first-order valence-electron chi connectivity index (χ1n) is 7.49. The Hall–Kier alpha value is -2.86. The first-order valence-corrected chi connectivity index (χ1v) is 7.49. The van der Waals surface area contributed by atoms with E-state index in [0.717, 1.165) is 0 Å². The maximum absolute atomic E-state index is 12.6. The zero-order valence-corrected chi connectivity index (χ0v) is 13.1. The normalized spacial score (nSPS) is 20.0. The van der Waals surface area contributed by atoms with Crippen molar-refractivity contribution in [3.8, 4) is 11.5 Å². The molecule has 2 N–H and O–H groups in total. The molecular weight excluding hydrogens is 310 g/mol. The lowest BCUT2D eigenvalue weighted by atomic mass is 10.0. The highest BCUT2D eigenvalue weighted by Gasteiger charge is 2.36. The molecule has 0 radical (unpaired) electrons. The molecule has 1 aliphatic rings. The predicted molar refractivity (Wildman–Crippen MR) is 86.6 cm³/mol. The number of rotatable bonds is 5. The molecule has 6 nitrogen and oxygen atoms in total. The first kappa shape index (κ1) is 16.0. The van der Waals surface area contributed by atoms with Gasteiger partial charge in [0.05, 0.1) is 18.7 Å². The summed E-state index contributed by atoms with van der Waals surface area (Å²) >= 11 is 0. The predicted octanol–water partition coefficient (Wildman–Crippen LogP) is 2.05. The first-order chi connectivity index (χ1) is 11.6. The number of ketones is 1. The molecule has 6 heteroatoms. The molecule has 1 aliphatic heterocycles. The number of ether oxygens (including phenoxy) is 2. The quantitative estimate of drug-likeness (QED) is 0.874. The second-order valence-electron chi connectivity index (χ2n) is 5.46. The summed E-state index contributed by atoms with van der Waals surface area (Å²) in [5, 5.41) is 12.2. The Kier molecular flexibility index (Phi) is 4.48. The van der Waals surface area contributed by atoms with Crippen LogP contribution in [0.5, 0.6) is 11.5 Å². The Morgan fingerprint density at radius 1 is 1.17 bits per heavy atom. The van der Waals surface area contributed by atoms with Crippen LogP contribution < -0.4 is 14.8 Å². The lowest BCUT2D eigenvalue weighted by molar-refractivity contribution is -0.124. The number of hydrogen-bond donors (Lipinski definition) is 2. The molecule has 3 rings (SSSR count). The maximum atomic E-state index is 12.6. The van der Waals surface area contributed by atoms with Gasteiger partial charge in [0.15, 0.2) is 11.9 Å². The van der Waals surface area contributed by atoms with Crippen LogP contribution in [-0.2, 0) is 4.79 Å². The van der Waals surface area contributed by atoms with Gasteiger partial charge in [0.2, 0.25) is 0 Å². The zero-order valence-electron chi connectivity index (χ0n) is 13.1. The molecule has 0 spiro atoms. The van der Waals surface area contributed by atoms with Crippen molar-refractivity contribution in [1.29, 1.82) is 0 Å². The zero-order chi connectivity index (χ0) is 17.1. The van der Waals surface area contributed by atoms with Crippen LogP contribution in [0.25, 0.3) is 0 Å². The minimum atomic E-state index is -1.02. The summed E-state index contributed by atoms with van der Waals surface area (Å²) in [6, 6.07) is 12.8. The van der Waals surface area contributed by atoms with E-state index in [1.54, 1.807) is 43.5 Å². The lowest BCUT2D eigenvalue weighted by Gasteiger charge is -2.13. The standard InChI is InChI=1S/C18H17NO5/c1-23-13-5-7-14(8-6-13)24-15-10-19-16(17(15)20)11-3-2-4-12(9-11)18(21)22/h2-9,15-16,19H,10H2,1H3,(H,21,22). The Balaban J connectivity index is 1.72. The van der Waals surface area contributed by atoms with Crippen LogP contribution in [0.3, 0.4) is 0 Å². The molecule has 0 aliphatic carbocycles. The molecule has 124 valence electrons. The molecule has 2 aromatic rings. The van der Waals surface area contributed by atoms with Gasteiger partial charge in [0.25, 0.3) is 0 Å². The highest BCUT2D eigenvalue weighted by atomic mass is 16.5. The average molecular weight is 327 g/mol.